The number of benzene rings is 2. The Balaban J connectivity index is 1.51. The molecular weight excluding hydrogens is 329 g/mol. The molecule has 2 heterocycles. The summed E-state index contributed by atoms with van der Waals surface area (Å²) in [6.07, 6.45) is 3.85. The minimum absolute atomic E-state index is 0.101. The van der Waals surface area contributed by atoms with E-state index in [1.165, 1.54) is 18.7 Å². The highest BCUT2D eigenvalue weighted by atomic mass is 19.1. The van der Waals surface area contributed by atoms with Crippen molar-refractivity contribution in [2.45, 2.75) is 44.3 Å². The number of piperidine rings is 1. The van der Waals surface area contributed by atoms with Crippen molar-refractivity contribution < 1.29 is 13.9 Å². The third-order valence-corrected chi connectivity index (χ3v) is 5.90. The second-order valence-electron chi connectivity index (χ2n) is 7.39. The molecule has 0 N–H and O–H groups in total. The lowest BCUT2D eigenvalue weighted by Gasteiger charge is -2.38. The Kier molecular flexibility index (Phi) is 4.77. The molecule has 0 amide bonds. The van der Waals surface area contributed by atoms with Crippen LogP contribution >= 0.6 is 0 Å². The molecule has 2 aliphatic heterocycles. The summed E-state index contributed by atoms with van der Waals surface area (Å²) in [7, 11) is 1.48. The van der Waals surface area contributed by atoms with Gasteiger partial charge in [-0.3, -0.25) is 9.69 Å². The van der Waals surface area contributed by atoms with E-state index in [4.69, 9.17) is 4.74 Å². The van der Waals surface area contributed by atoms with Gasteiger partial charge in [-0.2, -0.15) is 0 Å². The molecule has 26 heavy (non-hydrogen) atoms. The SMILES string of the molecule is COc1cccc(F)c1C(=O)C1CC2CCC(C1)N2Cc1ccccc1. The predicted molar refractivity (Wildman–Crippen MR) is 98.8 cm³/mol. The summed E-state index contributed by atoms with van der Waals surface area (Å²) in [6.45, 7) is 0.931. The van der Waals surface area contributed by atoms with E-state index in [1.54, 1.807) is 12.1 Å². The van der Waals surface area contributed by atoms with Crippen molar-refractivity contribution in [3.8, 4) is 5.75 Å². The van der Waals surface area contributed by atoms with E-state index in [2.05, 4.69) is 29.2 Å². The Bertz CT molecular complexity index is 778. The number of halogens is 1. The standard InChI is InChI=1S/C22H24FNO2/c1-26-20-9-5-8-19(23)21(20)22(25)16-12-17-10-11-18(13-16)24(17)14-15-6-3-2-4-7-15/h2-9,16-18H,10-14H2,1H3. The molecular formula is C22H24FNO2. The number of methoxy groups -OCH3 is 1. The summed E-state index contributed by atoms with van der Waals surface area (Å²) in [4.78, 5) is 15.6. The number of hydrogen-bond donors (Lipinski definition) is 0. The zero-order valence-corrected chi connectivity index (χ0v) is 15.0. The van der Waals surface area contributed by atoms with Crippen LogP contribution in [0.15, 0.2) is 48.5 Å². The van der Waals surface area contributed by atoms with Crippen molar-refractivity contribution in [3.63, 3.8) is 0 Å². The molecule has 2 bridgehead atoms. The van der Waals surface area contributed by atoms with E-state index < -0.39 is 5.82 Å². The second-order valence-corrected chi connectivity index (χ2v) is 7.39. The fourth-order valence-electron chi connectivity index (χ4n) is 4.66. The molecule has 2 aliphatic rings. The topological polar surface area (TPSA) is 29.5 Å². The first kappa shape index (κ1) is 17.2. The highest BCUT2D eigenvalue weighted by Crippen LogP contribution is 2.41. The molecule has 0 radical (unpaired) electrons. The van der Waals surface area contributed by atoms with Gasteiger partial charge in [-0.05, 0) is 43.4 Å². The first-order valence-electron chi connectivity index (χ1n) is 9.33. The Morgan fingerprint density at radius 3 is 2.42 bits per heavy atom. The van der Waals surface area contributed by atoms with E-state index >= 15 is 0 Å². The number of hydrogen-bond acceptors (Lipinski definition) is 3. The van der Waals surface area contributed by atoms with Gasteiger partial charge in [0, 0.05) is 24.5 Å². The maximum Gasteiger partial charge on any atom is 0.172 e. The molecule has 4 rings (SSSR count). The zero-order chi connectivity index (χ0) is 18.1. The molecule has 2 atom stereocenters. The van der Waals surface area contributed by atoms with E-state index in [1.807, 2.05) is 6.07 Å². The van der Waals surface area contributed by atoms with Crippen LogP contribution in [0.3, 0.4) is 0 Å². The van der Waals surface area contributed by atoms with Crippen LogP contribution in [0, 0.1) is 11.7 Å². The van der Waals surface area contributed by atoms with Crippen molar-refractivity contribution in [1.82, 2.24) is 4.90 Å². The lowest BCUT2D eigenvalue weighted by atomic mass is 9.84. The van der Waals surface area contributed by atoms with Gasteiger partial charge in [-0.25, -0.2) is 4.39 Å². The molecule has 0 spiro atoms. The van der Waals surface area contributed by atoms with Gasteiger partial charge in [-0.15, -0.1) is 0 Å². The maximum absolute atomic E-state index is 14.3. The van der Waals surface area contributed by atoms with E-state index in [0.29, 0.717) is 17.8 Å². The summed E-state index contributed by atoms with van der Waals surface area (Å²) in [5.74, 6) is -0.357. The van der Waals surface area contributed by atoms with E-state index in [9.17, 15) is 9.18 Å². The molecule has 2 fully saturated rings. The van der Waals surface area contributed by atoms with Crippen molar-refractivity contribution in [2.75, 3.05) is 7.11 Å². The summed E-state index contributed by atoms with van der Waals surface area (Å²) in [6, 6.07) is 15.9. The summed E-state index contributed by atoms with van der Waals surface area (Å²) < 4.78 is 19.5. The summed E-state index contributed by atoms with van der Waals surface area (Å²) >= 11 is 0. The van der Waals surface area contributed by atoms with Crippen molar-refractivity contribution >= 4 is 5.78 Å². The predicted octanol–water partition coefficient (Wildman–Crippen LogP) is 4.46. The third kappa shape index (κ3) is 3.14. The van der Waals surface area contributed by atoms with Crippen LogP contribution in [0.1, 0.15) is 41.6 Å². The monoisotopic (exact) mass is 353 g/mol. The van der Waals surface area contributed by atoms with Crippen LogP contribution in [0.25, 0.3) is 0 Å². The first-order valence-corrected chi connectivity index (χ1v) is 9.33. The molecule has 2 aromatic carbocycles. The molecule has 136 valence electrons. The lowest BCUT2D eigenvalue weighted by Crippen LogP contribution is -2.44. The van der Waals surface area contributed by atoms with Gasteiger partial charge >= 0.3 is 0 Å². The first-order chi connectivity index (χ1) is 12.7. The fourth-order valence-corrected chi connectivity index (χ4v) is 4.66. The van der Waals surface area contributed by atoms with Gasteiger partial charge in [0.05, 0.1) is 12.7 Å². The Labute approximate surface area is 153 Å². The third-order valence-electron chi connectivity index (χ3n) is 5.90. The average molecular weight is 353 g/mol. The summed E-state index contributed by atoms with van der Waals surface area (Å²) in [5.41, 5.74) is 1.43. The largest absolute Gasteiger partial charge is 0.496 e. The second kappa shape index (κ2) is 7.20. The number of carbonyl (C=O) groups excluding carboxylic acids is 1. The Morgan fingerprint density at radius 1 is 1.08 bits per heavy atom. The zero-order valence-electron chi connectivity index (χ0n) is 15.0. The van der Waals surface area contributed by atoms with Crippen LogP contribution in [0.5, 0.6) is 5.75 Å². The van der Waals surface area contributed by atoms with Crippen molar-refractivity contribution in [2.24, 2.45) is 5.92 Å². The molecule has 2 aromatic rings. The van der Waals surface area contributed by atoms with Crippen LogP contribution < -0.4 is 4.74 Å². The summed E-state index contributed by atoms with van der Waals surface area (Å²) in [5, 5.41) is 0. The molecule has 0 aromatic heterocycles. The number of nitrogens with zero attached hydrogens (tertiary/aromatic N) is 1. The average Bonchev–Trinajstić information content (AvgIpc) is 2.89. The molecule has 0 saturated carbocycles. The van der Waals surface area contributed by atoms with Crippen LogP contribution in [0.4, 0.5) is 4.39 Å². The van der Waals surface area contributed by atoms with Gasteiger partial charge in [0.15, 0.2) is 5.78 Å². The Morgan fingerprint density at radius 2 is 1.77 bits per heavy atom. The van der Waals surface area contributed by atoms with Crippen LogP contribution in [-0.2, 0) is 6.54 Å². The molecule has 0 aliphatic carbocycles. The van der Waals surface area contributed by atoms with Gasteiger partial charge < -0.3 is 4.74 Å². The van der Waals surface area contributed by atoms with Crippen molar-refractivity contribution in [1.29, 1.82) is 0 Å². The van der Waals surface area contributed by atoms with Gasteiger partial charge in [0.1, 0.15) is 11.6 Å². The molecule has 4 heteroatoms. The fraction of sp³-hybridized carbons (Fsp3) is 0.409. The number of rotatable bonds is 5. The lowest BCUT2D eigenvalue weighted by molar-refractivity contribution is 0.0672. The van der Waals surface area contributed by atoms with Gasteiger partial charge in [0.25, 0.3) is 0 Å². The van der Waals surface area contributed by atoms with Gasteiger partial charge in [-0.1, -0.05) is 36.4 Å². The highest BCUT2D eigenvalue weighted by molar-refractivity contribution is 6.00. The van der Waals surface area contributed by atoms with Crippen molar-refractivity contribution in [3.05, 3.63) is 65.5 Å². The quantitative estimate of drug-likeness (QED) is 0.743. The maximum atomic E-state index is 14.3. The highest BCUT2D eigenvalue weighted by Gasteiger charge is 2.43. The molecule has 2 saturated heterocycles. The van der Waals surface area contributed by atoms with E-state index in [0.717, 1.165) is 32.2 Å². The minimum atomic E-state index is -0.478. The number of carbonyl (C=O) groups is 1. The number of ether oxygens (including phenoxy) is 1. The number of fused-ring (bicyclic) bond motifs is 2. The van der Waals surface area contributed by atoms with Crippen LogP contribution in [0.2, 0.25) is 0 Å². The molecule has 3 nitrogen and oxygen atoms in total. The van der Waals surface area contributed by atoms with E-state index in [-0.39, 0.29) is 17.3 Å². The minimum Gasteiger partial charge on any atom is -0.496 e. The smallest absolute Gasteiger partial charge is 0.172 e. The number of Topliss-reactive ketones (excluding diaryl/α,β-unsaturated/α-hetero) is 1. The Hall–Kier alpha value is -2.20. The van der Waals surface area contributed by atoms with Crippen LogP contribution in [-0.4, -0.2) is 29.9 Å². The van der Waals surface area contributed by atoms with Gasteiger partial charge in [0.2, 0.25) is 0 Å². The normalized spacial score (nSPS) is 25.2. The molecule has 2 unspecified atom stereocenters. The number of ketones is 1.